The molecule has 0 atom stereocenters. The Hall–Kier alpha value is -2.37. The van der Waals surface area contributed by atoms with Crippen molar-refractivity contribution in [2.75, 3.05) is 13.2 Å². The van der Waals surface area contributed by atoms with Crippen LogP contribution < -0.4 is 9.46 Å². The number of nitrogens with one attached hydrogen (secondary N) is 1. The standard InChI is InChI=1S/C18H17NO3S/c20-23(21,18-8-2-1-3-9-18)19-12-13-22-17-11-10-15-6-4-5-7-16(15)14-17/h1-11,14,19H,12-13H2. The maximum atomic E-state index is 12.1. The van der Waals surface area contributed by atoms with Gasteiger partial charge in [0, 0.05) is 6.54 Å². The molecule has 23 heavy (non-hydrogen) atoms. The topological polar surface area (TPSA) is 55.4 Å². The monoisotopic (exact) mass is 327 g/mol. The van der Waals surface area contributed by atoms with E-state index in [1.54, 1.807) is 30.3 Å². The zero-order valence-electron chi connectivity index (χ0n) is 12.5. The van der Waals surface area contributed by atoms with E-state index >= 15 is 0 Å². The number of sulfonamides is 1. The number of benzene rings is 3. The molecular formula is C18H17NO3S. The molecule has 0 unspecified atom stereocenters. The van der Waals surface area contributed by atoms with Gasteiger partial charge in [0.25, 0.3) is 0 Å². The van der Waals surface area contributed by atoms with Gasteiger partial charge in [0.2, 0.25) is 10.0 Å². The largest absolute Gasteiger partial charge is 0.492 e. The average molecular weight is 327 g/mol. The van der Waals surface area contributed by atoms with Crippen LogP contribution in [-0.4, -0.2) is 21.6 Å². The zero-order valence-corrected chi connectivity index (χ0v) is 13.3. The van der Waals surface area contributed by atoms with E-state index in [-0.39, 0.29) is 18.0 Å². The van der Waals surface area contributed by atoms with Gasteiger partial charge in [-0.05, 0) is 35.0 Å². The summed E-state index contributed by atoms with van der Waals surface area (Å²) in [4.78, 5) is 0.255. The second-order valence-electron chi connectivity index (χ2n) is 5.07. The Balaban J connectivity index is 1.57. The molecule has 0 saturated carbocycles. The average Bonchev–Trinajstić information content (AvgIpc) is 2.59. The number of rotatable bonds is 6. The van der Waals surface area contributed by atoms with Crippen molar-refractivity contribution in [3.05, 3.63) is 72.8 Å². The molecule has 0 aliphatic heterocycles. The Morgan fingerprint density at radius 1 is 0.826 bits per heavy atom. The van der Waals surface area contributed by atoms with E-state index in [4.69, 9.17) is 4.74 Å². The highest BCUT2D eigenvalue weighted by molar-refractivity contribution is 7.89. The summed E-state index contributed by atoms with van der Waals surface area (Å²) in [5, 5.41) is 2.24. The summed E-state index contributed by atoms with van der Waals surface area (Å²) in [5.74, 6) is 0.725. The first-order valence-electron chi connectivity index (χ1n) is 7.31. The van der Waals surface area contributed by atoms with Gasteiger partial charge in [0.15, 0.2) is 0 Å². The number of ether oxygens (including phenoxy) is 1. The maximum absolute atomic E-state index is 12.1. The predicted molar refractivity (Wildman–Crippen MR) is 91.1 cm³/mol. The summed E-state index contributed by atoms with van der Waals surface area (Å²) in [7, 11) is -3.48. The first-order chi connectivity index (χ1) is 11.1. The van der Waals surface area contributed by atoms with Crippen molar-refractivity contribution < 1.29 is 13.2 Å². The van der Waals surface area contributed by atoms with Gasteiger partial charge in [-0.25, -0.2) is 13.1 Å². The Bertz CT molecular complexity index is 892. The van der Waals surface area contributed by atoms with E-state index in [9.17, 15) is 8.42 Å². The van der Waals surface area contributed by atoms with Gasteiger partial charge >= 0.3 is 0 Å². The Morgan fingerprint density at radius 2 is 1.52 bits per heavy atom. The third kappa shape index (κ3) is 3.88. The molecule has 3 rings (SSSR count). The van der Waals surface area contributed by atoms with Crippen molar-refractivity contribution in [1.29, 1.82) is 0 Å². The summed E-state index contributed by atoms with van der Waals surface area (Å²) < 4.78 is 32.3. The van der Waals surface area contributed by atoms with E-state index in [2.05, 4.69) is 4.72 Å². The molecule has 0 aromatic heterocycles. The quantitative estimate of drug-likeness (QED) is 0.707. The normalized spacial score (nSPS) is 11.5. The molecule has 0 bridgehead atoms. The van der Waals surface area contributed by atoms with Crippen molar-refractivity contribution >= 4 is 20.8 Å². The summed E-state index contributed by atoms with van der Waals surface area (Å²) in [6.07, 6.45) is 0. The third-order valence-electron chi connectivity index (χ3n) is 3.44. The molecule has 1 N–H and O–H groups in total. The lowest BCUT2D eigenvalue weighted by atomic mass is 10.1. The molecule has 0 saturated heterocycles. The van der Waals surface area contributed by atoms with Gasteiger partial charge in [-0.15, -0.1) is 0 Å². The first-order valence-corrected chi connectivity index (χ1v) is 8.80. The second-order valence-corrected chi connectivity index (χ2v) is 6.84. The summed E-state index contributed by atoms with van der Waals surface area (Å²) in [6, 6.07) is 22.1. The maximum Gasteiger partial charge on any atom is 0.240 e. The van der Waals surface area contributed by atoms with Crippen molar-refractivity contribution in [1.82, 2.24) is 4.72 Å². The molecule has 0 aliphatic carbocycles. The second kappa shape index (κ2) is 6.81. The molecule has 0 fully saturated rings. The highest BCUT2D eigenvalue weighted by atomic mass is 32.2. The van der Waals surface area contributed by atoms with Gasteiger partial charge in [0.05, 0.1) is 4.90 Å². The Morgan fingerprint density at radius 3 is 2.30 bits per heavy atom. The van der Waals surface area contributed by atoms with E-state index in [0.29, 0.717) is 0 Å². The van der Waals surface area contributed by atoms with Crippen LogP contribution >= 0.6 is 0 Å². The molecule has 3 aromatic carbocycles. The van der Waals surface area contributed by atoms with Crippen LogP contribution in [0, 0.1) is 0 Å². The van der Waals surface area contributed by atoms with Gasteiger partial charge in [0.1, 0.15) is 12.4 Å². The van der Waals surface area contributed by atoms with Crippen molar-refractivity contribution in [3.8, 4) is 5.75 Å². The van der Waals surface area contributed by atoms with E-state index in [0.717, 1.165) is 16.5 Å². The smallest absolute Gasteiger partial charge is 0.240 e. The van der Waals surface area contributed by atoms with Crippen LogP contribution in [0.15, 0.2) is 77.7 Å². The molecule has 118 valence electrons. The van der Waals surface area contributed by atoms with Crippen molar-refractivity contribution in [2.45, 2.75) is 4.90 Å². The zero-order chi connectivity index (χ0) is 16.1. The minimum absolute atomic E-state index is 0.212. The highest BCUT2D eigenvalue weighted by Gasteiger charge is 2.12. The highest BCUT2D eigenvalue weighted by Crippen LogP contribution is 2.20. The van der Waals surface area contributed by atoms with Crippen molar-refractivity contribution in [3.63, 3.8) is 0 Å². The van der Waals surface area contributed by atoms with Gasteiger partial charge in [-0.2, -0.15) is 0 Å². The Labute approximate surface area is 135 Å². The third-order valence-corrected chi connectivity index (χ3v) is 4.91. The van der Waals surface area contributed by atoms with Crippen LogP contribution in [0.4, 0.5) is 0 Å². The number of fused-ring (bicyclic) bond motifs is 1. The number of hydrogen-bond donors (Lipinski definition) is 1. The molecule has 0 aliphatic rings. The SMILES string of the molecule is O=S(=O)(NCCOc1ccc2ccccc2c1)c1ccccc1. The molecule has 0 radical (unpaired) electrons. The van der Waals surface area contributed by atoms with Crippen LogP contribution in [0.25, 0.3) is 10.8 Å². The summed E-state index contributed by atoms with van der Waals surface area (Å²) in [6.45, 7) is 0.481. The lowest BCUT2D eigenvalue weighted by molar-refractivity contribution is 0.323. The fraction of sp³-hybridized carbons (Fsp3) is 0.111. The molecule has 0 spiro atoms. The van der Waals surface area contributed by atoms with Crippen LogP contribution in [0.3, 0.4) is 0 Å². The van der Waals surface area contributed by atoms with Crippen LogP contribution in [0.5, 0.6) is 5.75 Å². The lowest BCUT2D eigenvalue weighted by Gasteiger charge is -2.09. The molecule has 0 heterocycles. The summed E-state index contributed by atoms with van der Waals surface area (Å²) >= 11 is 0. The number of hydrogen-bond acceptors (Lipinski definition) is 3. The van der Waals surface area contributed by atoms with Crippen molar-refractivity contribution in [2.24, 2.45) is 0 Å². The Kier molecular flexibility index (Phi) is 4.60. The fourth-order valence-corrected chi connectivity index (χ4v) is 3.32. The molecule has 5 heteroatoms. The van der Waals surface area contributed by atoms with Crippen LogP contribution in [0.2, 0.25) is 0 Å². The molecule has 0 amide bonds. The molecule has 4 nitrogen and oxygen atoms in total. The predicted octanol–water partition coefficient (Wildman–Crippen LogP) is 3.20. The minimum Gasteiger partial charge on any atom is -0.492 e. The van der Waals surface area contributed by atoms with E-state index in [1.165, 1.54) is 0 Å². The van der Waals surface area contributed by atoms with Gasteiger partial charge < -0.3 is 4.74 Å². The minimum atomic E-state index is -3.48. The molecule has 3 aromatic rings. The van der Waals surface area contributed by atoms with Gasteiger partial charge in [-0.1, -0.05) is 48.5 Å². The first kappa shape index (κ1) is 15.5. The van der Waals surface area contributed by atoms with E-state index in [1.807, 2.05) is 42.5 Å². The summed E-state index contributed by atoms with van der Waals surface area (Å²) in [5.41, 5.74) is 0. The van der Waals surface area contributed by atoms with Crippen LogP contribution in [-0.2, 0) is 10.0 Å². The van der Waals surface area contributed by atoms with Gasteiger partial charge in [-0.3, -0.25) is 0 Å². The molecular weight excluding hydrogens is 310 g/mol. The van der Waals surface area contributed by atoms with Crippen LogP contribution in [0.1, 0.15) is 0 Å². The van der Waals surface area contributed by atoms with E-state index < -0.39 is 10.0 Å². The lowest BCUT2D eigenvalue weighted by Crippen LogP contribution is -2.28. The fourth-order valence-electron chi connectivity index (χ4n) is 2.29.